The first-order chi connectivity index (χ1) is 11.7. The number of benzene rings is 2. The molecule has 0 aliphatic carbocycles. The fourth-order valence-electron chi connectivity index (χ4n) is 2.88. The van der Waals surface area contributed by atoms with Gasteiger partial charge >= 0.3 is 0 Å². The molecule has 0 aliphatic rings. The van der Waals surface area contributed by atoms with E-state index in [0.717, 1.165) is 41.4 Å². The molecular weight excluding hydrogens is 298 g/mol. The van der Waals surface area contributed by atoms with E-state index in [1.807, 2.05) is 25.1 Å². The number of unbranched alkanes of at least 4 members (excludes halogenated alkanes) is 2. The molecule has 3 rings (SSSR count). The Morgan fingerprint density at radius 2 is 1.92 bits per heavy atom. The number of hydrogen-bond donors (Lipinski definition) is 2. The standard InChI is InChI=1S/C20H23N3O/c1-3-4-6-11-18(24)22-20-21-17-13-16(12-14(2)19(17)23-20)15-9-7-5-8-10-15/h5,7-10,12-13H,3-4,6,11H2,1-2H3,(H2,21,22,23,24). The van der Waals surface area contributed by atoms with Gasteiger partial charge in [0.15, 0.2) is 0 Å². The fraction of sp³-hybridized carbons (Fsp3) is 0.300. The Morgan fingerprint density at radius 3 is 2.67 bits per heavy atom. The molecule has 0 unspecified atom stereocenters. The van der Waals surface area contributed by atoms with E-state index in [2.05, 4.69) is 46.5 Å². The van der Waals surface area contributed by atoms with Crippen molar-refractivity contribution in [3.63, 3.8) is 0 Å². The van der Waals surface area contributed by atoms with Gasteiger partial charge in [-0.25, -0.2) is 4.98 Å². The summed E-state index contributed by atoms with van der Waals surface area (Å²) in [7, 11) is 0. The summed E-state index contributed by atoms with van der Waals surface area (Å²) >= 11 is 0. The Morgan fingerprint density at radius 1 is 1.12 bits per heavy atom. The summed E-state index contributed by atoms with van der Waals surface area (Å²) in [5, 5.41) is 2.87. The van der Waals surface area contributed by atoms with Gasteiger partial charge < -0.3 is 4.98 Å². The first-order valence-electron chi connectivity index (χ1n) is 8.53. The predicted molar refractivity (Wildman–Crippen MR) is 99.0 cm³/mol. The molecule has 0 saturated carbocycles. The average Bonchev–Trinajstić information content (AvgIpc) is 2.99. The van der Waals surface area contributed by atoms with Gasteiger partial charge in [-0.1, -0.05) is 50.1 Å². The van der Waals surface area contributed by atoms with Crippen LogP contribution in [-0.4, -0.2) is 15.9 Å². The Hall–Kier alpha value is -2.62. The van der Waals surface area contributed by atoms with Crippen molar-refractivity contribution in [1.29, 1.82) is 0 Å². The number of carbonyl (C=O) groups excluding carboxylic acids is 1. The van der Waals surface area contributed by atoms with Crippen molar-refractivity contribution < 1.29 is 4.79 Å². The van der Waals surface area contributed by atoms with Crippen molar-refractivity contribution in [2.75, 3.05) is 5.32 Å². The molecule has 0 radical (unpaired) electrons. The number of amides is 1. The fourth-order valence-corrected chi connectivity index (χ4v) is 2.88. The lowest BCUT2D eigenvalue weighted by atomic mass is 10.0. The SMILES string of the molecule is CCCCCC(=O)Nc1nc2c(C)cc(-c3ccccc3)cc2[nH]1. The summed E-state index contributed by atoms with van der Waals surface area (Å²) in [6.07, 6.45) is 3.64. The highest BCUT2D eigenvalue weighted by Crippen LogP contribution is 2.27. The van der Waals surface area contributed by atoms with Gasteiger partial charge in [-0.2, -0.15) is 0 Å². The molecule has 0 atom stereocenters. The molecule has 124 valence electrons. The van der Waals surface area contributed by atoms with Crippen molar-refractivity contribution in [2.24, 2.45) is 0 Å². The summed E-state index contributed by atoms with van der Waals surface area (Å²) in [5.41, 5.74) is 5.25. The van der Waals surface area contributed by atoms with Crippen LogP contribution in [0, 0.1) is 6.92 Å². The van der Waals surface area contributed by atoms with Crippen molar-refractivity contribution in [1.82, 2.24) is 9.97 Å². The second-order valence-electron chi connectivity index (χ2n) is 6.15. The van der Waals surface area contributed by atoms with Crippen LogP contribution in [0.1, 0.15) is 38.2 Å². The van der Waals surface area contributed by atoms with Crippen LogP contribution in [0.2, 0.25) is 0 Å². The van der Waals surface area contributed by atoms with Gasteiger partial charge in [-0.05, 0) is 42.2 Å². The number of aromatic amines is 1. The monoisotopic (exact) mass is 321 g/mol. The number of anilines is 1. The molecular formula is C20H23N3O. The molecule has 0 saturated heterocycles. The van der Waals surface area contributed by atoms with E-state index in [0.29, 0.717) is 12.4 Å². The molecule has 2 N–H and O–H groups in total. The smallest absolute Gasteiger partial charge is 0.226 e. The summed E-state index contributed by atoms with van der Waals surface area (Å²) in [5.74, 6) is 0.545. The molecule has 3 aromatic rings. The Balaban J connectivity index is 1.83. The topological polar surface area (TPSA) is 57.8 Å². The maximum Gasteiger partial charge on any atom is 0.226 e. The lowest BCUT2D eigenvalue weighted by Crippen LogP contribution is -2.12. The minimum absolute atomic E-state index is 0.0171. The molecule has 0 spiro atoms. The Labute approximate surface area is 142 Å². The molecule has 0 fully saturated rings. The zero-order chi connectivity index (χ0) is 16.9. The van der Waals surface area contributed by atoms with Crippen molar-refractivity contribution in [3.05, 3.63) is 48.0 Å². The highest BCUT2D eigenvalue weighted by Gasteiger charge is 2.10. The van der Waals surface area contributed by atoms with Gasteiger partial charge in [0.1, 0.15) is 0 Å². The van der Waals surface area contributed by atoms with Gasteiger partial charge in [0.25, 0.3) is 0 Å². The second-order valence-corrected chi connectivity index (χ2v) is 6.15. The van der Waals surface area contributed by atoms with Crippen LogP contribution in [0.25, 0.3) is 22.2 Å². The lowest BCUT2D eigenvalue weighted by Gasteiger charge is -2.03. The molecule has 0 bridgehead atoms. The van der Waals surface area contributed by atoms with Gasteiger partial charge in [0.05, 0.1) is 11.0 Å². The van der Waals surface area contributed by atoms with Crippen LogP contribution in [-0.2, 0) is 4.79 Å². The van der Waals surface area contributed by atoms with Crippen LogP contribution in [0.15, 0.2) is 42.5 Å². The zero-order valence-electron chi connectivity index (χ0n) is 14.2. The average molecular weight is 321 g/mol. The summed E-state index contributed by atoms with van der Waals surface area (Å²) in [6.45, 7) is 4.17. The molecule has 2 aromatic carbocycles. The van der Waals surface area contributed by atoms with E-state index in [1.165, 1.54) is 5.56 Å². The van der Waals surface area contributed by atoms with E-state index in [-0.39, 0.29) is 5.91 Å². The first-order valence-corrected chi connectivity index (χ1v) is 8.53. The number of hydrogen-bond acceptors (Lipinski definition) is 2. The molecule has 1 amide bonds. The molecule has 24 heavy (non-hydrogen) atoms. The highest BCUT2D eigenvalue weighted by atomic mass is 16.1. The van der Waals surface area contributed by atoms with Gasteiger partial charge in [0.2, 0.25) is 11.9 Å². The third-order valence-corrected chi connectivity index (χ3v) is 4.15. The molecule has 0 aliphatic heterocycles. The van der Waals surface area contributed by atoms with Crippen LogP contribution < -0.4 is 5.32 Å². The normalized spacial score (nSPS) is 10.9. The molecule has 4 nitrogen and oxygen atoms in total. The van der Waals surface area contributed by atoms with Gasteiger partial charge in [-0.3, -0.25) is 10.1 Å². The zero-order valence-corrected chi connectivity index (χ0v) is 14.2. The molecule has 1 aromatic heterocycles. The summed E-state index contributed by atoms with van der Waals surface area (Å²) in [6, 6.07) is 14.5. The third kappa shape index (κ3) is 3.65. The number of imidazole rings is 1. The van der Waals surface area contributed by atoms with Crippen LogP contribution >= 0.6 is 0 Å². The van der Waals surface area contributed by atoms with Crippen LogP contribution in [0.5, 0.6) is 0 Å². The Kier molecular flexibility index (Phi) is 4.94. The largest absolute Gasteiger partial charge is 0.324 e. The first kappa shape index (κ1) is 16.2. The number of carbonyl (C=O) groups is 1. The number of aromatic nitrogens is 2. The molecule has 4 heteroatoms. The van der Waals surface area contributed by atoms with E-state index < -0.39 is 0 Å². The van der Waals surface area contributed by atoms with Crippen LogP contribution in [0.3, 0.4) is 0 Å². The predicted octanol–water partition coefficient (Wildman–Crippen LogP) is 5.06. The summed E-state index contributed by atoms with van der Waals surface area (Å²) in [4.78, 5) is 19.7. The van der Waals surface area contributed by atoms with E-state index in [4.69, 9.17) is 0 Å². The van der Waals surface area contributed by atoms with Gasteiger partial charge in [0, 0.05) is 6.42 Å². The maximum atomic E-state index is 12.0. The summed E-state index contributed by atoms with van der Waals surface area (Å²) < 4.78 is 0. The van der Waals surface area contributed by atoms with E-state index in [1.54, 1.807) is 0 Å². The number of aryl methyl sites for hydroxylation is 1. The molecule has 1 heterocycles. The van der Waals surface area contributed by atoms with Gasteiger partial charge in [-0.15, -0.1) is 0 Å². The van der Waals surface area contributed by atoms with E-state index >= 15 is 0 Å². The minimum atomic E-state index is 0.0171. The number of rotatable bonds is 6. The lowest BCUT2D eigenvalue weighted by molar-refractivity contribution is -0.116. The number of nitrogens with zero attached hydrogens (tertiary/aromatic N) is 1. The second kappa shape index (κ2) is 7.30. The third-order valence-electron chi connectivity index (χ3n) is 4.15. The Bertz CT molecular complexity index is 837. The van der Waals surface area contributed by atoms with E-state index in [9.17, 15) is 4.79 Å². The van der Waals surface area contributed by atoms with Crippen LogP contribution in [0.4, 0.5) is 5.95 Å². The van der Waals surface area contributed by atoms with Crippen molar-refractivity contribution >= 4 is 22.9 Å². The number of nitrogens with one attached hydrogen (secondary N) is 2. The van der Waals surface area contributed by atoms with Crippen molar-refractivity contribution in [2.45, 2.75) is 39.5 Å². The maximum absolute atomic E-state index is 12.0. The quantitative estimate of drug-likeness (QED) is 0.624. The number of fused-ring (bicyclic) bond motifs is 1. The van der Waals surface area contributed by atoms with Crippen molar-refractivity contribution in [3.8, 4) is 11.1 Å². The minimum Gasteiger partial charge on any atom is -0.324 e. The highest BCUT2D eigenvalue weighted by molar-refractivity contribution is 5.92. The number of H-pyrrole nitrogens is 1.